The Labute approximate surface area is 131 Å². The number of benzene rings is 1. The molecule has 21 heavy (non-hydrogen) atoms. The van der Waals surface area contributed by atoms with Crippen LogP contribution in [0.1, 0.15) is 47.0 Å². The Morgan fingerprint density at radius 3 is 3.00 bits per heavy atom. The number of hydrogen-bond donors (Lipinski definition) is 1. The fourth-order valence-electron chi connectivity index (χ4n) is 3.45. The summed E-state index contributed by atoms with van der Waals surface area (Å²) >= 11 is 1.79. The van der Waals surface area contributed by atoms with E-state index in [0.29, 0.717) is 12.0 Å². The molecule has 1 aliphatic rings. The standard InChI is InChI=1S/C18H24N2S/c1-13-12-21-18(20-13)11-16(19-2)10-15-8-5-7-14-6-3-4-9-17(14)15/h3-4,6,9,12,15-16,19H,5,7-8,10-11H2,1-2H3. The molecule has 0 radical (unpaired) electrons. The van der Waals surface area contributed by atoms with Crippen LogP contribution in [0.25, 0.3) is 0 Å². The second kappa shape index (κ2) is 6.71. The van der Waals surface area contributed by atoms with Gasteiger partial charge < -0.3 is 5.32 Å². The van der Waals surface area contributed by atoms with Crippen molar-refractivity contribution in [3.05, 3.63) is 51.5 Å². The van der Waals surface area contributed by atoms with Crippen molar-refractivity contribution in [1.82, 2.24) is 10.3 Å². The van der Waals surface area contributed by atoms with Crippen LogP contribution in [0, 0.1) is 6.92 Å². The van der Waals surface area contributed by atoms with Crippen molar-refractivity contribution < 1.29 is 0 Å². The van der Waals surface area contributed by atoms with E-state index in [0.717, 1.165) is 12.1 Å². The quantitative estimate of drug-likeness (QED) is 0.899. The fraction of sp³-hybridized carbons (Fsp3) is 0.500. The van der Waals surface area contributed by atoms with E-state index < -0.39 is 0 Å². The van der Waals surface area contributed by atoms with Gasteiger partial charge in [0.25, 0.3) is 0 Å². The van der Waals surface area contributed by atoms with Gasteiger partial charge in [-0.1, -0.05) is 24.3 Å². The van der Waals surface area contributed by atoms with Gasteiger partial charge in [0.2, 0.25) is 0 Å². The van der Waals surface area contributed by atoms with Crippen LogP contribution in [0.15, 0.2) is 29.6 Å². The predicted molar refractivity (Wildman–Crippen MR) is 90.1 cm³/mol. The molecule has 2 unspecified atom stereocenters. The Hall–Kier alpha value is -1.19. The second-order valence-corrected chi connectivity index (χ2v) is 7.04. The molecular weight excluding hydrogens is 276 g/mol. The lowest BCUT2D eigenvalue weighted by Gasteiger charge is -2.28. The highest BCUT2D eigenvalue weighted by Crippen LogP contribution is 2.35. The number of thiazole rings is 1. The molecule has 0 bridgehead atoms. The van der Waals surface area contributed by atoms with Gasteiger partial charge in [-0.05, 0) is 56.7 Å². The van der Waals surface area contributed by atoms with Gasteiger partial charge in [-0.2, -0.15) is 0 Å². The van der Waals surface area contributed by atoms with Gasteiger partial charge in [0.1, 0.15) is 0 Å². The molecule has 1 aromatic carbocycles. The zero-order valence-corrected chi connectivity index (χ0v) is 13.7. The molecule has 1 N–H and O–H groups in total. The second-order valence-electron chi connectivity index (χ2n) is 6.10. The number of nitrogens with one attached hydrogen (secondary N) is 1. The maximum Gasteiger partial charge on any atom is 0.0943 e. The third kappa shape index (κ3) is 3.53. The molecule has 1 aromatic heterocycles. The van der Waals surface area contributed by atoms with Crippen molar-refractivity contribution in [1.29, 1.82) is 0 Å². The topological polar surface area (TPSA) is 24.9 Å². The van der Waals surface area contributed by atoms with E-state index in [9.17, 15) is 0 Å². The maximum absolute atomic E-state index is 4.61. The highest BCUT2D eigenvalue weighted by molar-refractivity contribution is 7.09. The Balaban J connectivity index is 1.70. The summed E-state index contributed by atoms with van der Waals surface area (Å²) in [6, 6.07) is 9.52. The smallest absolute Gasteiger partial charge is 0.0943 e. The zero-order chi connectivity index (χ0) is 14.7. The molecule has 112 valence electrons. The van der Waals surface area contributed by atoms with Gasteiger partial charge in [-0.15, -0.1) is 11.3 Å². The average molecular weight is 300 g/mol. The highest BCUT2D eigenvalue weighted by Gasteiger charge is 2.23. The number of likely N-dealkylation sites (N-methyl/N-ethyl adjacent to an activating group) is 1. The number of rotatable bonds is 5. The first-order chi connectivity index (χ1) is 10.3. The van der Waals surface area contributed by atoms with Crippen LogP contribution < -0.4 is 5.32 Å². The van der Waals surface area contributed by atoms with Crippen LogP contribution in [-0.2, 0) is 12.8 Å². The van der Waals surface area contributed by atoms with Gasteiger partial charge in [-0.25, -0.2) is 4.98 Å². The Morgan fingerprint density at radius 2 is 2.24 bits per heavy atom. The molecule has 0 saturated carbocycles. The summed E-state index contributed by atoms with van der Waals surface area (Å²) in [4.78, 5) is 4.61. The molecule has 0 amide bonds. The van der Waals surface area contributed by atoms with Crippen LogP contribution >= 0.6 is 11.3 Å². The fourth-order valence-corrected chi connectivity index (χ4v) is 4.31. The van der Waals surface area contributed by atoms with Gasteiger partial charge in [0.05, 0.1) is 5.01 Å². The normalized spacial score (nSPS) is 19.2. The van der Waals surface area contributed by atoms with Gasteiger partial charge in [0.15, 0.2) is 0 Å². The van der Waals surface area contributed by atoms with Crippen LogP contribution in [-0.4, -0.2) is 18.1 Å². The Bertz CT molecular complexity index is 590. The third-order valence-corrected chi connectivity index (χ3v) is 5.55. The van der Waals surface area contributed by atoms with Crippen molar-refractivity contribution in [3.63, 3.8) is 0 Å². The molecule has 1 aliphatic carbocycles. The minimum Gasteiger partial charge on any atom is -0.317 e. The molecule has 2 atom stereocenters. The van der Waals surface area contributed by atoms with E-state index in [1.807, 2.05) is 0 Å². The summed E-state index contributed by atoms with van der Waals surface area (Å²) in [5.41, 5.74) is 4.29. The number of fused-ring (bicyclic) bond motifs is 1. The minimum absolute atomic E-state index is 0.520. The van der Waals surface area contributed by atoms with E-state index in [-0.39, 0.29) is 0 Å². The van der Waals surface area contributed by atoms with E-state index in [2.05, 4.69) is 53.9 Å². The number of aryl methyl sites for hydroxylation is 2. The summed E-state index contributed by atoms with van der Waals surface area (Å²) < 4.78 is 0. The molecular formula is C18H24N2S. The SMILES string of the molecule is CNC(Cc1nc(C)cs1)CC1CCCc2ccccc21. The van der Waals surface area contributed by atoms with Gasteiger partial charge >= 0.3 is 0 Å². The van der Waals surface area contributed by atoms with E-state index in [1.54, 1.807) is 22.5 Å². The Morgan fingerprint density at radius 1 is 1.38 bits per heavy atom. The molecule has 2 nitrogen and oxygen atoms in total. The highest BCUT2D eigenvalue weighted by atomic mass is 32.1. The van der Waals surface area contributed by atoms with Gasteiger partial charge in [-0.3, -0.25) is 0 Å². The third-order valence-electron chi connectivity index (χ3n) is 4.56. The minimum atomic E-state index is 0.520. The van der Waals surface area contributed by atoms with Crippen molar-refractivity contribution in [2.24, 2.45) is 0 Å². The van der Waals surface area contributed by atoms with E-state index in [1.165, 1.54) is 30.7 Å². The van der Waals surface area contributed by atoms with Crippen molar-refractivity contribution >= 4 is 11.3 Å². The number of hydrogen-bond acceptors (Lipinski definition) is 3. The maximum atomic E-state index is 4.61. The van der Waals surface area contributed by atoms with Crippen LogP contribution in [0.4, 0.5) is 0 Å². The molecule has 3 rings (SSSR count). The summed E-state index contributed by atoms with van der Waals surface area (Å²) in [6.07, 6.45) is 6.17. The zero-order valence-electron chi connectivity index (χ0n) is 12.9. The molecule has 3 heteroatoms. The van der Waals surface area contributed by atoms with Crippen LogP contribution in [0.5, 0.6) is 0 Å². The lowest BCUT2D eigenvalue weighted by atomic mass is 9.79. The number of nitrogens with zero attached hydrogens (tertiary/aromatic N) is 1. The first-order valence-electron chi connectivity index (χ1n) is 7.92. The van der Waals surface area contributed by atoms with Crippen molar-refractivity contribution in [2.75, 3.05) is 7.05 Å². The summed E-state index contributed by atoms with van der Waals surface area (Å²) in [5, 5.41) is 6.92. The molecule has 2 aromatic rings. The summed E-state index contributed by atoms with van der Waals surface area (Å²) in [6.45, 7) is 2.08. The lowest BCUT2D eigenvalue weighted by Crippen LogP contribution is -2.30. The average Bonchev–Trinajstić information content (AvgIpc) is 2.92. The number of aromatic nitrogens is 1. The first-order valence-corrected chi connectivity index (χ1v) is 8.80. The monoisotopic (exact) mass is 300 g/mol. The lowest BCUT2D eigenvalue weighted by molar-refractivity contribution is 0.427. The summed E-state index contributed by atoms with van der Waals surface area (Å²) in [7, 11) is 2.08. The molecule has 1 heterocycles. The van der Waals surface area contributed by atoms with E-state index in [4.69, 9.17) is 0 Å². The molecule has 0 spiro atoms. The molecule has 0 aliphatic heterocycles. The van der Waals surface area contributed by atoms with Crippen LogP contribution in [0.2, 0.25) is 0 Å². The predicted octanol–water partition coefficient (Wildman–Crippen LogP) is 4.09. The summed E-state index contributed by atoms with van der Waals surface area (Å²) in [5.74, 6) is 0.702. The molecule has 0 fully saturated rings. The van der Waals surface area contributed by atoms with E-state index >= 15 is 0 Å². The van der Waals surface area contributed by atoms with Gasteiger partial charge in [0, 0.05) is 23.5 Å². The Kier molecular flexibility index (Phi) is 4.71. The largest absolute Gasteiger partial charge is 0.317 e. The van der Waals surface area contributed by atoms with Crippen LogP contribution in [0.3, 0.4) is 0 Å². The van der Waals surface area contributed by atoms with Crippen molar-refractivity contribution in [3.8, 4) is 0 Å². The van der Waals surface area contributed by atoms with Crippen molar-refractivity contribution in [2.45, 2.75) is 51.0 Å². The molecule has 0 saturated heterocycles. The first kappa shape index (κ1) is 14.7.